The Labute approximate surface area is 245 Å². The van der Waals surface area contributed by atoms with Crippen LogP contribution in [0.15, 0.2) is 72.1 Å². The molecule has 0 unspecified atom stereocenters. The van der Waals surface area contributed by atoms with E-state index in [4.69, 9.17) is 9.47 Å². The Kier molecular flexibility index (Phi) is 12.1. The maximum absolute atomic E-state index is 12.2. The van der Waals surface area contributed by atoms with Gasteiger partial charge in [-0.1, -0.05) is 66.7 Å². The Morgan fingerprint density at radius 2 is 1.63 bits per heavy atom. The van der Waals surface area contributed by atoms with Crippen LogP contribution in [-0.2, 0) is 32.2 Å². The quantitative estimate of drug-likeness (QED) is 0.144. The number of aliphatic hydroxyl groups is 1. The molecule has 2 heterocycles. The van der Waals surface area contributed by atoms with Gasteiger partial charge >= 0.3 is 0 Å². The number of rotatable bonds is 14. The van der Waals surface area contributed by atoms with Crippen LogP contribution in [0.2, 0.25) is 0 Å². The number of aliphatic hydroxyl groups excluding tert-OH is 1. The molecule has 0 aliphatic carbocycles. The van der Waals surface area contributed by atoms with Gasteiger partial charge in [-0.15, -0.1) is 0 Å². The Bertz CT molecular complexity index is 1230. The van der Waals surface area contributed by atoms with Crippen LogP contribution in [0.25, 0.3) is 0 Å². The molecule has 1 aromatic heterocycles. The van der Waals surface area contributed by atoms with Crippen LogP contribution in [0, 0.1) is 0 Å². The van der Waals surface area contributed by atoms with E-state index in [9.17, 15) is 14.7 Å². The summed E-state index contributed by atoms with van der Waals surface area (Å²) in [4.78, 5) is 31.8. The van der Waals surface area contributed by atoms with Gasteiger partial charge in [0.15, 0.2) is 11.4 Å². The molecule has 1 saturated heterocycles. The van der Waals surface area contributed by atoms with Crippen LogP contribution in [-0.4, -0.2) is 45.3 Å². The maximum atomic E-state index is 12.2. The third-order valence-electron chi connectivity index (χ3n) is 6.75. The lowest BCUT2D eigenvalue weighted by molar-refractivity contribution is -0.245. The first-order valence-electron chi connectivity index (χ1n) is 14.0. The maximum Gasteiger partial charge on any atom is 0.220 e. The van der Waals surface area contributed by atoms with Gasteiger partial charge in [-0.25, -0.2) is 9.97 Å². The molecule has 1 aliphatic rings. The molecule has 3 N–H and O–H groups in total. The van der Waals surface area contributed by atoms with Crippen LogP contribution in [0.3, 0.4) is 0 Å². The highest BCUT2D eigenvalue weighted by atomic mass is 32.2. The van der Waals surface area contributed by atoms with E-state index in [0.29, 0.717) is 36.8 Å². The summed E-state index contributed by atoms with van der Waals surface area (Å²) < 4.78 is 12.8. The summed E-state index contributed by atoms with van der Waals surface area (Å²) in [6, 6.07) is 17.6. The average molecular weight is 579 g/mol. The van der Waals surface area contributed by atoms with Crippen molar-refractivity contribution >= 4 is 23.6 Å². The fourth-order valence-electron chi connectivity index (χ4n) is 4.48. The summed E-state index contributed by atoms with van der Waals surface area (Å²) in [7, 11) is 0. The largest absolute Gasteiger partial charge is 0.392 e. The Morgan fingerprint density at radius 3 is 2.34 bits per heavy atom. The molecule has 0 radical (unpaired) electrons. The first kappa shape index (κ1) is 30.6. The van der Waals surface area contributed by atoms with Crippen molar-refractivity contribution in [3.05, 3.63) is 89.2 Å². The van der Waals surface area contributed by atoms with Crippen molar-refractivity contribution in [1.29, 1.82) is 0 Å². The molecule has 41 heavy (non-hydrogen) atoms. The van der Waals surface area contributed by atoms with Gasteiger partial charge in [-0.2, -0.15) is 0 Å². The minimum absolute atomic E-state index is 0.000613. The number of benzene rings is 2. The number of carbonyl (C=O) groups is 2. The zero-order valence-corrected chi connectivity index (χ0v) is 24.1. The van der Waals surface area contributed by atoms with E-state index in [2.05, 4.69) is 20.6 Å². The molecule has 1 aliphatic heterocycles. The smallest absolute Gasteiger partial charge is 0.220 e. The van der Waals surface area contributed by atoms with Crippen molar-refractivity contribution in [2.45, 2.75) is 75.8 Å². The van der Waals surface area contributed by atoms with E-state index < -0.39 is 6.29 Å². The minimum Gasteiger partial charge on any atom is -0.392 e. The monoisotopic (exact) mass is 578 g/mol. The molecule has 0 bridgehead atoms. The second-order valence-electron chi connectivity index (χ2n) is 10.0. The minimum atomic E-state index is -0.547. The third-order valence-corrected chi connectivity index (χ3v) is 7.76. The van der Waals surface area contributed by atoms with E-state index >= 15 is 0 Å². The van der Waals surface area contributed by atoms with Crippen molar-refractivity contribution in [3.8, 4) is 0 Å². The molecule has 0 spiro atoms. The highest BCUT2D eigenvalue weighted by Crippen LogP contribution is 2.39. The molecule has 0 saturated carbocycles. The van der Waals surface area contributed by atoms with Gasteiger partial charge in [0.1, 0.15) is 0 Å². The molecular formula is C31H38N4O5S. The summed E-state index contributed by atoms with van der Waals surface area (Å²) in [5.41, 5.74) is 3.79. The molecule has 3 atom stereocenters. The predicted molar refractivity (Wildman–Crippen MR) is 157 cm³/mol. The van der Waals surface area contributed by atoms with Crippen molar-refractivity contribution < 1.29 is 24.2 Å². The van der Waals surface area contributed by atoms with Gasteiger partial charge in [0.25, 0.3) is 0 Å². The summed E-state index contributed by atoms with van der Waals surface area (Å²) in [5.74, 6) is 0.679. The zero-order valence-electron chi connectivity index (χ0n) is 23.3. The number of nitrogens with zero attached hydrogens (tertiary/aromatic N) is 2. The van der Waals surface area contributed by atoms with E-state index in [0.717, 1.165) is 41.5 Å². The number of nitrogens with one attached hydrogen (secondary N) is 2. The topological polar surface area (TPSA) is 123 Å². The van der Waals surface area contributed by atoms with Crippen molar-refractivity contribution in [2.24, 2.45) is 0 Å². The van der Waals surface area contributed by atoms with Crippen molar-refractivity contribution in [1.82, 2.24) is 20.6 Å². The fourth-order valence-corrected chi connectivity index (χ4v) is 5.30. The number of ether oxygens (including phenoxy) is 2. The van der Waals surface area contributed by atoms with Crippen molar-refractivity contribution in [2.75, 3.05) is 12.3 Å². The number of aromatic nitrogens is 2. The molecule has 9 nitrogen and oxygen atoms in total. The standard InChI is InChI=1S/C31H38N4O5S/c1-22(37)32-15-4-2-3-6-29(38)35-19-23-7-13-26(14-8-23)30-39-27(21-41-31-33-16-5-17-34-31)18-28(40-30)25-11-9-24(20-36)10-12-25/h5,7-14,16-17,27-28,30,36H,2-4,6,15,18-21H2,1H3,(H,32,37)(H,35,38)/t27-,28+,30+/m1/s1. The van der Waals surface area contributed by atoms with Gasteiger partial charge in [0.05, 0.1) is 18.8 Å². The van der Waals surface area contributed by atoms with Gasteiger partial charge in [0.2, 0.25) is 11.8 Å². The van der Waals surface area contributed by atoms with Gasteiger partial charge in [-0.05, 0) is 35.6 Å². The predicted octanol–water partition coefficient (Wildman–Crippen LogP) is 4.62. The average Bonchev–Trinajstić information content (AvgIpc) is 3.01. The SMILES string of the molecule is CC(=O)NCCCCCC(=O)NCc1ccc([C@H]2O[C@@H](CSc3ncccn3)C[C@@H](c3ccc(CO)cc3)O2)cc1. The summed E-state index contributed by atoms with van der Waals surface area (Å²) in [6.45, 7) is 2.61. The van der Waals surface area contributed by atoms with E-state index in [1.807, 2.05) is 48.5 Å². The number of thioether (sulfide) groups is 1. The highest BCUT2D eigenvalue weighted by molar-refractivity contribution is 7.99. The molecule has 218 valence electrons. The lowest BCUT2D eigenvalue weighted by Crippen LogP contribution is -2.31. The molecule has 4 rings (SSSR count). The number of unbranched alkanes of at least 4 members (excludes halogenated alkanes) is 2. The molecule has 2 amide bonds. The highest BCUT2D eigenvalue weighted by Gasteiger charge is 2.32. The second-order valence-corrected chi connectivity index (χ2v) is 11.0. The number of amides is 2. The summed E-state index contributed by atoms with van der Waals surface area (Å²) in [6.07, 6.45) is 6.38. The molecule has 10 heteroatoms. The number of carbonyl (C=O) groups excluding carboxylic acids is 2. The van der Waals surface area contributed by atoms with Crippen LogP contribution >= 0.6 is 11.8 Å². The Balaban J connectivity index is 1.32. The van der Waals surface area contributed by atoms with Crippen LogP contribution in [0.1, 0.15) is 73.7 Å². The molecule has 1 fully saturated rings. The van der Waals surface area contributed by atoms with E-state index in [1.165, 1.54) is 6.92 Å². The first-order valence-corrected chi connectivity index (χ1v) is 15.0. The normalized spacial score (nSPS) is 18.5. The zero-order chi connectivity index (χ0) is 28.9. The number of hydrogen-bond donors (Lipinski definition) is 3. The van der Waals surface area contributed by atoms with Gasteiger partial charge in [0, 0.05) is 56.6 Å². The van der Waals surface area contributed by atoms with Gasteiger partial charge < -0.3 is 25.2 Å². The lowest BCUT2D eigenvalue weighted by Gasteiger charge is -2.36. The summed E-state index contributed by atoms with van der Waals surface area (Å²) in [5, 5.41) is 15.9. The van der Waals surface area contributed by atoms with Gasteiger partial charge in [-0.3, -0.25) is 9.59 Å². The van der Waals surface area contributed by atoms with Crippen molar-refractivity contribution in [3.63, 3.8) is 0 Å². The Hall–Kier alpha value is -3.31. The number of hydrogen-bond acceptors (Lipinski definition) is 8. The molecular weight excluding hydrogens is 540 g/mol. The lowest BCUT2D eigenvalue weighted by atomic mass is 10.0. The fraction of sp³-hybridized carbons (Fsp3) is 0.419. The Morgan fingerprint density at radius 1 is 0.927 bits per heavy atom. The van der Waals surface area contributed by atoms with E-state index in [1.54, 1.807) is 30.2 Å². The third kappa shape index (κ3) is 10.2. The van der Waals surface area contributed by atoms with Crippen LogP contribution < -0.4 is 10.6 Å². The first-order chi connectivity index (χ1) is 20.0. The van der Waals surface area contributed by atoms with E-state index in [-0.39, 0.29) is 30.6 Å². The molecule has 3 aromatic rings. The summed E-state index contributed by atoms with van der Waals surface area (Å²) >= 11 is 1.56. The molecule has 2 aromatic carbocycles. The van der Waals surface area contributed by atoms with Crippen LogP contribution in [0.5, 0.6) is 0 Å². The van der Waals surface area contributed by atoms with Crippen LogP contribution in [0.4, 0.5) is 0 Å². The second kappa shape index (κ2) is 16.2.